The van der Waals surface area contributed by atoms with E-state index in [2.05, 4.69) is 9.97 Å². The molecule has 3 aromatic carbocycles. The monoisotopic (exact) mass is 873 g/mol. The highest BCUT2D eigenvalue weighted by Crippen LogP contribution is 2.38. The molecule has 5 rings (SSSR count). The second-order valence-corrected chi connectivity index (χ2v) is 21.7. The number of nitrogen functional groups attached to an aromatic ring is 1. The standard InChI is InChI=1S/C13H17ClN2O3S.C11H11Cl2NO3S.C8H11ClN2O3S/c1-13(2,3)12-15-9-7-6-8(14)11(10(9)19-12)20(17,18)16(4)5;1-11(2,3)10-14-7-5-4-6(12)9(8(7)17-10)18(13,15)16;1-11(2)15(13,14)8-5(9)3-4-6(10)7(8)12/h6-7H,1-5H3;4-5H,1-3H3;3-4,12H,10H2,1-2H3. The van der Waals surface area contributed by atoms with Crippen molar-refractivity contribution in [2.45, 2.75) is 67.1 Å². The number of anilines is 1. The molecule has 3 N–H and O–H groups in total. The van der Waals surface area contributed by atoms with Crippen molar-refractivity contribution in [2.75, 3.05) is 33.9 Å². The van der Waals surface area contributed by atoms with Gasteiger partial charge >= 0.3 is 0 Å². The van der Waals surface area contributed by atoms with Crippen LogP contribution in [-0.4, -0.2) is 77.1 Å². The van der Waals surface area contributed by atoms with Crippen LogP contribution < -0.4 is 5.73 Å². The van der Waals surface area contributed by atoms with Gasteiger partial charge in [0, 0.05) is 49.7 Å². The molecule has 0 amide bonds. The summed E-state index contributed by atoms with van der Waals surface area (Å²) in [4.78, 5) is 7.97. The van der Waals surface area contributed by atoms with E-state index in [-0.39, 0.29) is 57.4 Å². The van der Waals surface area contributed by atoms with E-state index in [4.69, 9.17) is 60.1 Å². The molecule has 5 aromatic rings. The van der Waals surface area contributed by atoms with Gasteiger partial charge in [0.25, 0.3) is 9.05 Å². The summed E-state index contributed by atoms with van der Waals surface area (Å²) in [7, 11) is -0.524. The average molecular weight is 876 g/mol. The summed E-state index contributed by atoms with van der Waals surface area (Å²) in [5.41, 5.74) is 5.93. The lowest BCUT2D eigenvalue weighted by molar-refractivity contribution is 0.408. The Balaban J connectivity index is 0.000000216. The lowest BCUT2D eigenvalue weighted by atomic mass is 9.97. The SMILES string of the molecule is CC(C)(C)c1nc2ccc(Cl)c(S(=O)(=O)Cl)c2o1.CN(C)S(=O)(=O)c1c(Cl)ccc(N)c1O.CN(C)S(=O)(=O)c1c(Cl)ccc2nc(C(C)(C)C)oc12. The number of oxazole rings is 2. The lowest BCUT2D eigenvalue weighted by Crippen LogP contribution is -2.22. The first kappa shape index (κ1) is 44.5. The van der Waals surface area contributed by atoms with Gasteiger partial charge < -0.3 is 19.7 Å². The highest BCUT2D eigenvalue weighted by Gasteiger charge is 2.30. The van der Waals surface area contributed by atoms with Gasteiger partial charge in [0.2, 0.25) is 31.8 Å². The Labute approximate surface area is 328 Å². The third-order valence-electron chi connectivity index (χ3n) is 7.05. The molecule has 2 heterocycles. The largest absolute Gasteiger partial charge is 0.504 e. The van der Waals surface area contributed by atoms with Gasteiger partial charge in [-0.3, -0.25) is 0 Å². The molecule has 0 aliphatic heterocycles. The van der Waals surface area contributed by atoms with Gasteiger partial charge in [-0.1, -0.05) is 76.3 Å². The van der Waals surface area contributed by atoms with Crippen LogP contribution >= 0.6 is 45.5 Å². The van der Waals surface area contributed by atoms with Gasteiger partial charge in [-0.15, -0.1) is 0 Å². The van der Waals surface area contributed by atoms with Crippen molar-refractivity contribution in [3.63, 3.8) is 0 Å². The molecule has 0 spiro atoms. The number of benzene rings is 3. The van der Waals surface area contributed by atoms with Crippen LogP contribution in [0, 0.1) is 0 Å². The topological polar surface area (TPSA) is 207 Å². The first-order chi connectivity index (χ1) is 23.9. The number of hydrogen-bond acceptors (Lipinski definition) is 12. The van der Waals surface area contributed by atoms with Gasteiger partial charge in [-0.25, -0.2) is 43.8 Å². The van der Waals surface area contributed by atoms with Crippen molar-refractivity contribution in [1.82, 2.24) is 18.6 Å². The normalized spacial score (nSPS) is 12.9. The molecule has 0 atom stereocenters. The maximum atomic E-state index is 12.4. The Bertz CT molecular complexity index is 2510. The summed E-state index contributed by atoms with van der Waals surface area (Å²) in [6, 6.07) is 8.88. The van der Waals surface area contributed by atoms with E-state index in [1.807, 2.05) is 41.5 Å². The number of aromatic nitrogens is 2. The number of nitrogens with zero attached hydrogens (tertiary/aromatic N) is 4. The first-order valence-corrected chi connectivity index (χ1v) is 21.5. The third kappa shape index (κ3) is 9.69. The van der Waals surface area contributed by atoms with E-state index < -0.39 is 34.8 Å². The number of phenolic OH excluding ortho intramolecular Hbond substituents is 1. The Kier molecular flexibility index (Phi) is 13.2. The minimum Gasteiger partial charge on any atom is -0.504 e. The highest BCUT2D eigenvalue weighted by atomic mass is 35.7. The van der Waals surface area contributed by atoms with Crippen molar-refractivity contribution in [2.24, 2.45) is 0 Å². The Morgan fingerprint density at radius 1 is 0.623 bits per heavy atom. The van der Waals surface area contributed by atoms with Crippen molar-refractivity contribution in [3.05, 3.63) is 63.2 Å². The quantitative estimate of drug-likeness (QED) is 0.0994. The average Bonchev–Trinajstić information content (AvgIpc) is 3.64. The fourth-order valence-electron chi connectivity index (χ4n) is 4.17. The second kappa shape index (κ2) is 15.7. The van der Waals surface area contributed by atoms with Gasteiger partial charge in [0.1, 0.15) is 25.7 Å². The van der Waals surface area contributed by atoms with E-state index in [1.165, 1.54) is 52.5 Å². The molecular formula is C32H39Cl4N5O9S3. The number of rotatable bonds is 5. The summed E-state index contributed by atoms with van der Waals surface area (Å²) in [6.45, 7) is 11.6. The molecule has 0 aliphatic rings. The number of halogens is 4. The number of phenols is 1. The molecular weight excluding hydrogens is 836 g/mol. The fraction of sp³-hybridized carbons (Fsp3) is 0.375. The van der Waals surface area contributed by atoms with Gasteiger partial charge in [0.05, 0.1) is 20.8 Å². The molecule has 21 heteroatoms. The van der Waals surface area contributed by atoms with Crippen LogP contribution in [0.2, 0.25) is 15.1 Å². The van der Waals surface area contributed by atoms with Crippen LogP contribution in [0.3, 0.4) is 0 Å². The molecule has 2 aromatic heterocycles. The predicted octanol–water partition coefficient (Wildman–Crippen LogP) is 7.61. The summed E-state index contributed by atoms with van der Waals surface area (Å²) in [6.07, 6.45) is 0. The Hall–Kier alpha value is -2.87. The van der Waals surface area contributed by atoms with Crippen molar-refractivity contribution >= 4 is 102 Å². The van der Waals surface area contributed by atoms with Gasteiger partial charge in [-0.05, 0) is 36.4 Å². The van der Waals surface area contributed by atoms with Gasteiger partial charge in [-0.2, -0.15) is 0 Å². The number of nitrogens with two attached hydrogens (primary N) is 1. The Morgan fingerprint density at radius 2 is 0.962 bits per heavy atom. The lowest BCUT2D eigenvalue weighted by Gasteiger charge is -2.14. The van der Waals surface area contributed by atoms with E-state index in [9.17, 15) is 30.4 Å². The molecule has 0 saturated carbocycles. The van der Waals surface area contributed by atoms with E-state index in [0.717, 1.165) is 8.61 Å². The van der Waals surface area contributed by atoms with Crippen LogP contribution in [0.4, 0.5) is 5.69 Å². The Morgan fingerprint density at radius 3 is 1.34 bits per heavy atom. The molecule has 0 bridgehead atoms. The molecule has 0 saturated heterocycles. The number of sulfonamides is 2. The zero-order chi connectivity index (χ0) is 40.8. The summed E-state index contributed by atoms with van der Waals surface area (Å²) < 4.78 is 84.5. The minimum atomic E-state index is -3.99. The number of fused-ring (bicyclic) bond motifs is 2. The van der Waals surface area contributed by atoms with Crippen LogP contribution in [0.1, 0.15) is 53.3 Å². The summed E-state index contributed by atoms with van der Waals surface area (Å²) in [5, 5.41) is 9.64. The van der Waals surface area contributed by atoms with Crippen molar-refractivity contribution < 1.29 is 39.2 Å². The molecule has 14 nitrogen and oxygen atoms in total. The minimum absolute atomic E-state index is 0.0223. The zero-order valence-corrected chi connectivity index (χ0v) is 35.8. The molecule has 0 fully saturated rings. The molecule has 292 valence electrons. The summed E-state index contributed by atoms with van der Waals surface area (Å²) in [5.74, 6) is 0.391. The van der Waals surface area contributed by atoms with Crippen molar-refractivity contribution in [1.29, 1.82) is 0 Å². The van der Waals surface area contributed by atoms with E-state index >= 15 is 0 Å². The molecule has 0 radical (unpaired) electrons. The first-order valence-electron chi connectivity index (χ1n) is 15.2. The zero-order valence-electron chi connectivity index (χ0n) is 30.3. The fourth-order valence-corrected chi connectivity index (χ4v) is 8.86. The smallest absolute Gasteiger partial charge is 0.266 e. The van der Waals surface area contributed by atoms with Crippen LogP contribution in [0.5, 0.6) is 5.75 Å². The molecule has 0 unspecified atom stereocenters. The van der Waals surface area contributed by atoms with Gasteiger partial charge in [0.15, 0.2) is 16.9 Å². The number of aromatic hydroxyl groups is 1. The van der Waals surface area contributed by atoms with Crippen LogP contribution in [0.25, 0.3) is 22.2 Å². The maximum Gasteiger partial charge on any atom is 0.266 e. The van der Waals surface area contributed by atoms with E-state index in [1.54, 1.807) is 12.1 Å². The number of hydrogen-bond donors (Lipinski definition) is 2. The second-order valence-electron chi connectivity index (χ2n) is 13.8. The maximum absolute atomic E-state index is 12.4. The highest BCUT2D eigenvalue weighted by molar-refractivity contribution is 8.14. The molecule has 53 heavy (non-hydrogen) atoms. The van der Waals surface area contributed by atoms with Crippen molar-refractivity contribution in [3.8, 4) is 5.75 Å². The molecule has 0 aliphatic carbocycles. The van der Waals surface area contributed by atoms with Crippen LogP contribution in [-0.2, 0) is 39.9 Å². The van der Waals surface area contributed by atoms with Crippen LogP contribution in [0.15, 0.2) is 59.9 Å². The predicted molar refractivity (Wildman–Crippen MR) is 208 cm³/mol. The van der Waals surface area contributed by atoms with E-state index in [0.29, 0.717) is 22.8 Å². The third-order valence-corrected chi connectivity index (χ3v) is 13.5. The summed E-state index contributed by atoms with van der Waals surface area (Å²) >= 11 is 17.6.